The molecule has 116 valence electrons. The summed E-state index contributed by atoms with van der Waals surface area (Å²) in [5.74, 6) is 1.71. The van der Waals surface area contributed by atoms with Crippen molar-refractivity contribution in [1.82, 2.24) is 0 Å². The molecule has 23 heavy (non-hydrogen) atoms. The summed E-state index contributed by atoms with van der Waals surface area (Å²) in [6, 6.07) is 18.7. The topological polar surface area (TPSA) is 54.3 Å². The Hall–Kier alpha value is -3.01. The molecule has 3 rings (SSSR count). The second-order valence-corrected chi connectivity index (χ2v) is 5.39. The molecular formula is C19H18N2O2. The van der Waals surface area contributed by atoms with E-state index >= 15 is 0 Å². The largest absolute Gasteiger partial charge is 0.461 e. The molecule has 0 bridgehead atoms. The van der Waals surface area contributed by atoms with E-state index in [-0.39, 0.29) is 6.03 Å². The fraction of sp³-hybridized carbons (Fsp3) is 0.105. The van der Waals surface area contributed by atoms with Gasteiger partial charge in [-0.25, -0.2) is 4.79 Å². The van der Waals surface area contributed by atoms with E-state index in [0.717, 1.165) is 34.0 Å². The van der Waals surface area contributed by atoms with Crippen LogP contribution in [-0.4, -0.2) is 6.03 Å². The lowest BCUT2D eigenvalue weighted by atomic mass is 10.1. The normalized spacial score (nSPS) is 10.3. The van der Waals surface area contributed by atoms with E-state index in [2.05, 4.69) is 10.6 Å². The maximum atomic E-state index is 12.0. The molecule has 0 aliphatic rings. The first kappa shape index (κ1) is 14.9. The van der Waals surface area contributed by atoms with Crippen LogP contribution < -0.4 is 10.6 Å². The molecule has 1 aromatic heterocycles. The van der Waals surface area contributed by atoms with E-state index in [1.165, 1.54) is 0 Å². The summed E-state index contributed by atoms with van der Waals surface area (Å²) >= 11 is 0. The van der Waals surface area contributed by atoms with Crippen molar-refractivity contribution in [2.45, 2.75) is 13.8 Å². The maximum Gasteiger partial charge on any atom is 0.323 e. The number of urea groups is 1. The number of aryl methyl sites for hydroxylation is 2. The van der Waals surface area contributed by atoms with Crippen molar-refractivity contribution >= 4 is 17.4 Å². The molecule has 0 fully saturated rings. The molecule has 0 saturated carbocycles. The summed E-state index contributed by atoms with van der Waals surface area (Å²) in [6.07, 6.45) is 0. The molecular weight excluding hydrogens is 288 g/mol. The van der Waals surface area contributed by atoms with E-state index in [1.54, 1.807) is 0 Å². The number of benzene rings is 2. The number of rotatable bonds is 3. The van der Waals surface area contributed by atoms with Gasteiger partial charge in [-0.3, -0.25) is 0 Å². The van der Waals surface area contributed by atoms with Crippen molar-refractivity contribution < 1.29 is 9.21 Å². The molecule has 0 unspecified atom stereocenters. The minimum atomic E-state index is -0.266. The fourth-order valence-corrected chi connectivity index (χ4v) is 2.41. The zero-order valence-corrected chi connectivity index (χ0v) is 13.1. The van der Waals surface area contributed by atoms with Crippen LogP contribution in [0.5, 0.6) is 0 Å². The van der Waals surface area contributed by atoms with Crippen LogP contribution in [-0.2, 0) is 0 Å². The zero-order chi connectivity index (χ0) is 16.2. The third-order valence-electron chi connectivity index (χ3n) is 3.52. The Labute approximate surface area is 135 Å². The third kappa shape index (κ3) is 3.61. The van der Waals surface area contributed by atoms with Crippen LogP contribution in [0, 0.1) is 13.8 Å². The van der Waals surface area contributed by atoms with Crippen LogP contribution in [0.1, 0.15) is 11.3 Å². The van der Waals surface area contributed by atoms with Crippen molar-refractivity contribution in [3.05, 3.63) is 72.0 Å². The van der Waals surface area contributed by atoms with Gasteiger partial charge in [0.25, 0.3) is 0 Å². The quantitative estimate of drug-likeness (QED) is 0.698. The molecule has 0 spiro atoms. The second kappa shape index (κ2) is 6.40. The summed E-state index contributed by atoms with van der Waals surface area (Å²) in [4.78, 5) is 12.0. The van der Waals surface area contributed by atoms with Crippen LogP contribution in [0.2, 0.25) is 0 Å². The molecule has 2 aromatic carbocycles. The molecule has 0 saturated heterocycles. The van der Waals surface area contributed by atoms with Gasteiger partial charge in [-0.2, -0.15) is 0 Å². The lowest BCUT2D eigenvalue weighted by Gasteiger charge is -2.10. The van der Waals surface area contributed by atoms with Crippen LogP contribution in [0.4, 0.5) is 16.2 Å². The van der Waals surface area contributed by atoms with E-state index in [4.69, 9.17) is 4.42 Å². The van der Waals surface area contributed by atoms with Gasteiger partial charge in [0.15, 0.2) is 0 Å². The minimum absolute atomic E-state index is 0.266. The molecule has 2 amide bonds. The number of para-hydroxylation sites is 1. The molecule has 0 aliphatic carbocycles. The lowest BCUT2D eigenvalue weighted by molar-refractivity contribution is 0.262. The van der Waals surface area contributed by atoms with Crippen LogP contribution >= 0.6 is 0 Å². The van der Waals surface area contributed by atoms with Gasteiger partial charge in [-0.15, -0.1) is 0 Å². The summed E-state index contributed by atoms with van der Waals surface area (Å²) in [7, 11) is 0. The Balaban J connectivity index is 1.72. The van der Waals surface area contributed by atoms with E-state index in [0.29, 0.717) is 0 Å². The van der Waals surface area contributed by atoms with Crippen LogP contribution in [0.15, 0.2) is 65.1 Å². The van der Waals surface area contributed by atoms with Gasteiger partial charge >= 0.3 is 6.03 Å². The summed E-state index contributed by atoms with van der Waals surface area (Å²) < 4.78 is 5.65. The van der Waals surface area contributed by atoms with Gasteiger partial charge in [0.05, 0.1) is 0 Å². The lowest BCUT2D eigenvalue weighted by Crippen LogP contribution is -2.19. The highest BCUT2D eigenvalue weighted by Crippen LogP contribution is 2.27. The van der Waals surface area contributed by atoms with E-state index in [1.807, 2.05) is 74.5 Å². The van der Waals surface area contributed by atoms with Crippen molar-refractivity contribution in [3.8, 4) is 11.3 Å². The number of furan rings is 1. The number of amides is 2. The highest BCUT2D eigenvalue weighted by atomic mass is 16.3. The molecule has 4 nitrogen and oxygen atoms in total. The van der Waals surface area contributed by atoms with Gasteiger partial charge in [-0.1, -0.05) is 18.2 Å². The summed E-state index contributed by atoms with van der Waals surface area (Å²) in [6.45, 7) is 3.91. The standard InChI is InChI=1S/C19H18N2O2/c1-13-12-16(9-10-17(13)18-11-8-14(2)23-18)21-19(22)20-15-6-4-3-5-7-15/h3-12H,1-2H3,(H2,20,21,22). The number of carbonyl (C=O) groups is 1. The zero-order valence-electron chi connectivity index (χ0n) is 13.1. The fourth-order valence-electron chi connectivity index (χ4n) is 2.41. The smallest absolute Gasteiger partial charge is 0.323 e. The SMILES string of the molecule is Cc1ccc(-c2ccc(NC(=O)Nc3ccccc3)cc2C)o1. The van der Waals surface area contributed by atoms with Crippen molar-refractivity contribution in [1.29, 1.82) is 0 Å². The Kier molecular flexibility index (Phi) is 4.15. The highest BCUT2D eigenvalue weighted by molar-refractivity contribution is 5.99. The van der Waals surface area contributed by atoms with Gasteiger partial charge < -0.3 is 15.1 Å². The molecule has 0 radical (unpaired) electrons. The Morgan fingerprint density at radius 1 is 0.870 bits per heavy atom. The number of nitrogens with one attached hydrogen (secondary N) is 2. The van der Waals surface area contributed by atoms with E-state index < -0.39 is 0 Å². The first-order valence-corrected chi connectivity index (χ1v) is 7.42. The average molecular weight is 306 g/mol. The van der Waals surface area contributed by atoms with Crippen LogP contribution in [0.3, 0.4) is 0 Å². The second-order valence-electron chi connectivity index (χ2n) is 5.39. The Morgan fingerprint density at radius 2 is 1.61 bits per heavy atom. The van der Waals surface area contributed by atoms with Crippen molar-refractivity contribution in [2.24, 2.45) is 0 Å². The van der Waals surface area contributed by atoms with Crippen molar-refractivity contribution in [3.63, 3.8) is 0 Å². The first-order valence-electron chi connectivity index (χ1n) is 7.42. The number of hydrogen-bond donors (Lipinski definition) is 2. The van der Waals surface area contributed by atoms with Crippen molar-refractivity contribution in [2.75, 3.05) is 10.6 Å². The minimum Gasteiger partial charge on any atom is -0.461 e. The molecule has 4 heteroatoms. The number of hydrogen-bond acceptors (Lipinski definition) is 2. The van der Waals surface area contributed by atoms with Gasteiger partial charge in [-0.05, 0) is 61.9 Å². The predicted octanol–water partition coefficient (Wildman–Crippen LogP) is 5.21. The monoisotopic (exact) mass is 306 g/mol. The number of anilines is 2. The molecule has 1 heterocycles. The Bertz CT molecular complexity index is 822. The van der Waals surface area contributed by atoms with E-state index in [9.17, 15) is 4.79 Å². The molecule has 3 aromatic rings. The third-order valence-corrected chi connectivity index (χ3v) is 3.52. The molecule has 0 aliphatic heterocycles. The summed E-state index contributed by atoms with van der Waals surface area (Å²) in [5, 5.41) is 5.63. The highest BCUT2D eigenvalue weighted by Gasteiger charge is 2.08. The maximum absolute atomic E-state index is 12.0. The molecule has 2 N–H and O–H groups in total. The predicted molar refractivity (Wildman–Crippen MR) is 92.7 cm³/mol. The average Bonchev–Trinajstić information content (AvgIpc) is 2.94. The summed E-state index contributed by atoms with van der Waals surface area (Å²) in [5.41, 5.74) is 3.55. The molecule has 0 atom stereocenters. The van der Waals surface area contributed by atoms with Gasteiger partial charge in [0.1, 0.15) is 11.5 Å². The van der Waals surface area contributed by atoms with Gasteiger partial charge in [0, 0.05) is 16.9 Å². The first-order chi connectivity index (χ1) is 11.1. The van der Waals surface area contributed by atoms with Gasteiger partial charge in [0.2, 0.25) is 0 Å². The Morgan fingerprint density at radius 3 is 2.26 bits per heavy atom. The number of carbonyl (C=O) groups excluding carboxylic acids is 1. The van der Waals surface area contributed by atoms with Crippen LogP contribution in [0.25, 0.3) is 11.3 Å².